The molecule has 0 saturated heterocycles. The second-order valence-corrected chi connectivity index (χ2v) is 1.34. The van der Waals surface area contributed by atoms with Gasteiger partial charge in [0.25, 0.3) is 0 Å². The van der Waals surface area contributed by atoms with Crippen molar-refractivity contribution in [2.24, 2.45) is 0 Å². The van der Waals surface area contributed by atoms with Crippen LogP contribution < -0.4 is 0 Å². The molecule has 4 nitrogen and oxygen atoms in total. The summed E-state index contributed by atoms with van der Waals surface area (Å²) in [6.07, 6.45) is 0. The Morgan fingerprint density at radius 3 is 1.12 bits per heavy atom. The van der Waals surface area contributed by atoms with Gasteiger partial charge in [-0.2, -0.15) is 8.42 Å². The summed E-state index contributed by atoms with van der Waals surface area (Å²) in [6, 6.07) is 0. The fourth-order valence-corrected chi connectivity index (χ4v) is 0. The van der Waals surface area contributed by atoms with Crippen molar-refractivity contribution in [3.63, 3.8) is 0 Å². The molecule has 0 amide bonds. The summed E-state index contributed by atoms with van der Waals surface area (Å²) in [6.45, 7) is 0. The fraction of sp³-hybridized carbons (Fsp3) is 0. The van der Waals surface area contributed by atoms with Gasteiger partial charge in [-0.3, -0.25) is 9.11 Å². The summed E-state index contributed by atoms with van der Waals surface area (Å²) in [5.74, 6) is 0. The number of rotatable bonds is 0. The predicted octanol–water partition coefficient (Wildman–Crippen LogP) is -0.236. The average Bonchev–Trinajstić information content (AvgIpc) is 0.722. The molecule has 8 heavy (non-hydrogen) atoms. The third kappa shape index (κ3) is 173. The van der Waals surface area contributed by atoms with Crippen LogP contribution in [0, 0.1) is 0 Å². The van der Waals surface area contributed by atoms with Crippen LogP contribution in [0.1, 0.15) is 0 Å². The van der Waals surface area contributed by atoms with Crippen molar-refractivity contribution < 1.29 is 53.8 Å². The quantitative estimate of drug-likeness (QED) is 0.465. The second kappa shape index (κ2) is 8.29. The van der Waals surface area contributed by atoms with Crippen LogP contribution in [0.5, 0.6) is 0 Å². The maximum absolute atomic E-state index is 8.74. The monoisotopic (exact) mass is 257 g/mol. The zero-order valence-corrected chi connectivity index (χ0v) is 9.21. The smallest absolute Gasteiger partial charge is 0.264 e. The Morgan fingerprint density at radius 2 is 1.12 bits per heavy atom. The molecular formula is H3ClCoO4SZn. The van der Waals surface area contributed by atoms with Crippen molar-refractivity contribution in [3.8, 4) is 0 Å². The van der Waals surface area contributed by atoms with E-state index >= 15 is 0 Å². The zero-order chi connectivity index (χ0) is 4.50. The van der Waals surface area contributed by atoms with Crippen LogP contribution in [0.3, 0.4) is 0 Å². The molecule has 0 aromatic carbocycles. The molecule has 0 aliphatic carbocycles. The van der Waals surface area contributed by atoms with Crippen LogP contribution in [0.25, 0.3) is 0 Å². The van der Waals surface area contributed by atoms with E-state index in [9.17, 15) is 0 Å². The van der Waals surface area contributed by atoms with Gasteiger partial charge in [0.2, 0.25) is 0 Å². The van der Waals surface area contributed by atoms with Crippen LogP contribution in [-0.2, 0) is 46.7 Å². The van der Waals surface area contributed by atoms with E-state index in [1.54, 1.807) is 0 Å². The molecule has 0 aromatic rings. The van der Waals surface area contributed by atoms with Crippen molar-refractivity contribution in [2.75, 3.05) is 0 Å². The molecule has 0 unspecified atom stereocenters. The van der Waals surface area contributed by atoms with Crippen molar-refractivity contribution in [3.05, 3.63) is 0 Å². The molecule has 8 heteroatoms. The van der Waals surface area contributed by atoms with E-state index in [0.717, 1.165) is 0 Å². The summed E-state index contributed by atoms with van der Waals surface area (Å²) < 4.78 is 31.6. The molecule has 0 atom stereocenters. The van der Waals surface area contributed by atoms with Gasteiger partial charge < -0.3 is 0 Å². The molecule has 0 aliphatic rings. The fourth-order valence-electron chi connectivity index (χ4n) is 0. The third-order valence-corrected chi connectivity index (χ3v) is 0. The summed E-state index contributed by atoms with van der Waals surface area (Å²) in [7, 11) is -4.67. The van der Waals surface area contributed by atoms with E-state index in [2.05, 4.69) is 0 Å². The standard InChI is InChI=1S/ClH.Co.H2O4S.Zn/c;;1-5(2,3)4;/h1H;;(H2,1,2,3,4);. The van der Waals surface area contributed by atoms with Crippen LogP contribution in [0.4, 0.5) is 0 Å². The van der Waals surface area contributed by atoms with Crippen LogP contribution in [0.15, 0.2) is 0 Å². The van der Waals surface area contributed by atoms with Gasteiger partial charge in [0.1, 0.15) is 0 Å². The minimum absolute atomic E-state index is 0. The first-order valence-electron chi connectivity index (χ1n) is 0.698. The van der Waals surface area contributed by atoms with Gasteiger partial charge in [-0.05, 0) is 0 Å². The molecule has 0 rings (SSSR count). The van der Waals surface area contributed by atoms with Crippen LogP contribution in [-0.4, -0.2) is 17.5 Å². The van der Waals surface area contributed by atoms with Gasteiger partial charge in [-0.15, -0.1) is 12.4 Å². The molecule has 0 heterocycles. The zero-order valence-electron chi connectivity index (χ0n) is 3.57. The third-order valence-electron chi connectivity index (χ3n) is 0. The molecule has 0 fully saturated rings. The molecule has 0 aliphatic heterocycles. The van der Waals surface area contributed by atoms with E-state index in [0.29, 0.717) is 0 Å². The molecule has 0 aromatic heterocycles. The Bertz CT molecular complexity index is 99.2. The van der Waals surface area contributed by atoms with Crippen LogP contribution in [0.2, 0.25) is 0 Å². The number of hydrogen-bond acceptors (Lipinski definition) is 2. The molecular weight excluding hydrogens is 256 g/mol. The number of halogens is 1. The van der Waals surface area contributed by atoms with Gasteiger partial charge in [0, 0.05) is 36.3 Å². The van der Waals surface area contributed by atoms with Crippen LogP contribution >= 0.6 is 12.4 Å². The van der Waals surface area contributed by atoms with Crippen molar-refractivity contribution in [2.45, 2.75) is 0 Å². The van der Waals surface area contributed by atoms with Gasteiger partial charge in [0.15, 0.2) is 0 Å². The Morgan fingerprint density at radius 1 is 1.12 bits per heavy atom. The molecule has 0 saturated carbocycles. The molecule has 51 valence electrons. The largest absolute Gasteiger partial charge is 0.394 e. The van der Waals surface area contributed by atoms with Gasteiger partial charge in [-0.1, -0.05) is 0 Å². The van der Waals surface area contributed by atoms with Gasteiger partial charge in [0.05, 0.1) is 0 Å². The van der Waals surface area contributed by atoms with E-state index < -0.39 is 10.4 Å². The van der Waals surface area contributed by atoms with Crippen molar-refractivity contribution in [1.29, 1.82) is 0 Å². The SMILES string of the molecule is Cl.O=S(=O)(O)O.[Co].[Zn]. The van der Waals surface area contributed by atoms with E-state index in [4.69, 9.17) is 17.5 Å². The molecule has 0 bridgehead atoms. The summed E-state index contributed by atoms with van der Waals surface area (Å²) in [5, 5.41) is 0. The molecule has 1 radical (unpaired) electrons. The first kappa shape index (κ1) is 22.8. The number of hydrogen-bond donors (Lipinski definition) is 2. The normalized spacial score (nSPS) is 7.25. The first-order chi connectivity index (χ1) is 2.00. The second-order valence-electron chi connectivity index (χ2n) is 0.448. The minimum Gasteiger partial charge on any atom is -0.264 e. The van der Waals surface area contributed by atoms with Crippen molar-refractivity contribution in [1.82, 2.24) is 0 Å². The van der Waals surface area contributed by atoms with Gasteiger partial charge >= 0.3 is 10.4 Å². The predicted molar refractivity (Wildman–Crippen MR) is 21.4 cm³/mol. The Hall–Kier alpha value is 1.29. The minimum atomic E-state index is -4.67. The van der Waals surface area contributed by atoms with E-state index in [1.807, 2.05) is 0 Å². The molecule has 0 spiro atoms. The Labute approximate surface area is 76.4 Å². The average molecular weight is 259 g/mol. The Balaban J connectivity index is -0.0000000267. The maximum atomic E-state index is 8.74. The summed E-state index contributed by atoms with van der Waals surface area (Å²) >= 11 is 0. The Kier molecular flexibility index (Phi) is 23.6. The summed E-state index contributed by atoms with van der Waals surface area (Å²) in [4.78, 5) is 0. The molecule has 2 N–H and O–H groups in total. The maximum Gasteiger partial charge on any atom is 0.394 e. The van der Waals surface area contributed by atoms with E-state index in [1.165, 1.54) is 0 Å². The summed E-state index contributed by atoms with van der Waals surface area (Å²) in [5.41, 5.74) is 0. The van der Waals surface area contributed by atoms with Crippen molar-refractivity contribution >= 4 is 22.8 Å². The first-order valence-corrected chi connectivity index (χ1v) is 2.10. The van der Waals surface area contributed by atoms with E-state index in [-0.39, 0.29) is 48.7 Å². The topological polar surface area (TPSA) is 74.6 Å². The van der Waals surface area contributed by atoms with Gasteiger partial charge in [-0.25, -0.2) is 0 Å².